The Labute approximate surface area is 485 Å². The van der Waals surface area contributed by atoms with Crippen molar-refractivity contribution in [1.82, 2.24) is 9.13 Å². The summed E-state index contributed by atoms with van der Waals surface area (Å²) in [4.78, 5) is 92.2. The van der Waals surface area contributed by atoms with Crippen LogP contribution < -0.4 is 36.1 Å². The van der Waals surface area contributed by atoms with Crippen LogP contribution in [-0.4, -0.2) is 82.8 Å². The SMILES string of the molecule is CCCCCCCCCCCCOC(=O)C(C)OC(=O)c1ccc(Cl)c(NC(=O)C(Oc2ccc(N=Nc3c(SOOO)cc4cc(S(=O)(=O)O)cc(NC(C)=O)c4c3Oc3cn(C)c(=O)n(C)c3=O)cc2)C(=O)c2ccc(OC)cc2)c1. The van der Waals surface area contributed by atoms with E-state index >= 15 is 0 Å². The molecule has 2 unspecified atom stereocenters. The van der Waals surface area contributed by atoms with Crippen LogP contribution in [0.15, 0.2) is 121 Å². The zero-order valence-electron chi connectivity index (χ0n) is 46.0. The van der Waals surface area contributed by atoms with Crippen LogP contribution in [0.5, 0.6) is 23.0 Å². The van der Waals surface area contributed by atoms with Gasteiger partial charge in [0.05, 0.1) is 74.8 Å². The number of unbranched alkanes of at least 4 members (excludes halogenated alkanes) is 9. The van der Waals surface area contributed by atoms with Crippen molar-refractivity contribution < 1.29 is 75.3 Å². The van der Waals surface area contributed by atoms with E-state index in [-0.39, 0.29) is 66.9 Å². The van der Waals surface area contributed by atoms with Gasteiger partial charge in [0.2, 0.25) is 23.5 Å². The van der Waals surface area contributed by atoms with E-state index in [1.165, 1.54) is 139 Å². The number of fused-ring (bicyclic) bond motifs is 1. The molecule has 2 atom stereocenters. The van der Waals surface area contributed by atoms with Crippen LogP contribution in [0.2, 0.25) is 5.02 Å². The van der Waals surface area contributed by atoms with E-state index < -0.39 is 79.5 Å². The number of carbonyl (C=O) groups excluding carboxylic acids is 5. The lowest BCUT2D eigenvalue weighted by molar-refractivity contribution is -0.432. The number of carbonyl (C=O) groups is 5. The summed E-state index contributed by atoms with van der Waals surface area (Å²) in [6.45, 7) is 4.85. The Bertz CT molecular complexity index is 3600. The van der Waals surface area contributed by atoms with Gasteiger partial charge in [-0.2, -0.15) is 13.5 Å². The fourth-order valence-electron chi connectivity index (χ4n) is 8.22. The highest BCUT2D eigenvalue weighted by molar-refractivity contribution is 7.94. The predicted octanol–water partition coefficient (Wildman–Crippen LogP) is 11.0. The van der Waals surface area contributed by atoms with Gasteiger partial charge < -0.3 is 34.3 Å². The molecule has 0 spiro atoms. The number of hydrogen-bond donors (Lipinski definition) is 4. The van der Waals surface area contributed by atoms with Crippen molar-refractivity contribution in [3.63, 3.8) is 0 Å². The van der Waals surface area contributed by atoms with Gasteiger partial charge >= 0.3 is 17.6 Å². The number of nitrogens with one attached hydrogen (secondary N) is 2. The number of rotatable bonds is 30. The molecule has 2 amide bonds. The summed E-state index contributed by atoms with van der Waals surface area (Å²) >= 11 is 6.81. The molecule has 4 N–H and O–H groups in total. The fourth-order valence-corrected chi connectivity index (χ4v) is 9.42. The maximum atomic E-state index is 14.2. The predicted molar refractivity (Wildman–Crippen MR) is 306 cm³/mol. The first-order valence-corrected chi connectivity index (χ1v) is 28.5. The number of halogens is 1. The second-order valence-corrected chi connectivity index (χ2v) is 21.3. The lowest BCUT2D eigenvalue weighted by atomic mass is 10.0. The summed E-state index contributed by atoms with van der Waals surface area (Å²) in [5, 5.41) is 26.5. The minimum Gasteiger partial charge on any atom is -0.497 e. The van der Waals surface area contributed by atoms with Gasteiger partial charge in [-0.05, 0) is 104 Å². The molecule has 27 heteroatoms. The average Bonchev–Trinajstić information content (AvgIpc) is 3.66. The van der Waals surface area contributed by atoms with Crippen molar-refractivity contribution in [1.29, 1.82) is 0 Å². The zero-order chi connectivity index (χ0) is 60.4. The molecule has 83 heavy (non-hydrogen) atoms. The summed E-state index contributed by atoms with van der Waals surface area (Å²) in [5.74, 6) is -4.70. The number of ether oxygens (including phenoxy) is 5. The minimum absolute atomic E-state index is 0.0350. The summed E-state index contributed by atoms with van der Waals surface area (Å²) in [5.41, 5.74) is -2.32. The van der Waals surface area contributed by atoms with Crippen molar-refractivity contribution in [2.45, 2.75) is 107 Å². The molecule has 0 radical (unpaired) electrons. The van der Waals surface area contributed by atoms with E-state index in [2.05, 4.69) is 32.8 Å². The van der Waals surface area contributed by atoms with Gasteiger partial charge in [-0.25, -0.2) is 19.6 Å². The lowest BCUT2D eigenvalue weighted by Crippen LogP contribution is -2.40. The number of anilines is 2. The summed E-state index contributed by atoms with van der Waals surface area (Å²) in [7, 11) is -0.968. The zero-order valence-corrected chi connectivity index (χ0v) is 48.4. The molecule has 0 fully saturated rings. The third-order valence-electron chi connectivity index (χ3n) is 12.5. The quantitative estimate of drug-likeness (QED) is 0.00375. The van der Waals surface area contributed by atoms with Crippen molar-refractivity contribution >= 4 is 96.8 Å². The van der Waals surface area contributed by atoms with E-state index in [9.17, 15) is 46.5 Å². The summed E-state index contributed by atoms with van der Waals surface area (Å²) < 4.78 is 69.6. The number of hydrogen-bond acceptors (Lipinski definition) is 20. The smallest absolute Gasteiger partial charge is 0.347 e. The normalized spacial score (nSPS) is 12.2. The van der Waals surface area contributed by atoms with E-state index in [1.807, 2.05) is 0 Å². The topological polar surface area (TPSA) is 317 Å². The third kappa shape index (κ3) is 17.8. The number of benzene rings is 5. The van der Waals surface area contributed by atoms with Crippen LogP contribution >= 0.6 is 23.6 Å². The molecular weight excluding hydrogens is 1140 g/mol. The summed E-state index contributed by atoms with van der Waals surface area (Å²) in [6, 6.07) is 18.2. The number of aromatic nitrogens is 2. The number of esters is 2. The maximum Gasteiger partial charge on any atom is 0.347 e. The molecule has 1 heterocycles. The number of azo groups is 1. The Hall–Kier alpha value is -7.98. The first kappa shape index (κ1) is 64.2. The van der Waals surface area contributed by atoms with Crippen LogP contribution in [-0.2, 0) is 57.4 Å². The molecule has 0 saturated heterocycles. The molecule has 0 aliphatic carbocycles. The van der Waals surface area contributed by atoms with Crippen LogP contribution in [0.4, 0.5) is 22.7 Å². The van der Waals surface area contributed by atoms with Gasteiger partial charge in [0.25, 0.3) is 21.6 Å². The van der Waals surface area contributed by atoms with Gasteiger partial charge in [0.15, 0.2) is 11.9 Å². The van der Waals surface area contributed by atoms with E-state index in [1.54, 1.807) is 0 Å². The molecule has 5 aromatic carbocycles. The molecule has 0 aliphatic rings. The van der Waals surface area contributed by atoms with Crippen LogP contribution in [0, 0.1) is 0 Å². The van der Waals surface area contributed by atoms with Crippen molar-refractivity contribution in [3.05, 3.63) is 128 Å². The Morgan fingerprint density at radius 1 is 0.795 bits per heavy atom. The first-order chi connectivity index (χ1) is 39.6. The van der Waals surface area contributed by atoms with Crippen molar-refractivity contribution in [2.24, 2.45) is 24.3 Å². The molecule has 6 rings (SSSR count). The lowest BCUT2D eigenvalue weighted by Gasteiger charge is -2.19. The van der Waals surface area contributed by atoms with Gasteiger partial charge in [0.1, 0.15) is 17.2 Å². The largest absolute Gasteiger partial charge is 0.497 e. The minimum atomic E-state index is -4.92. The van der Waals surface area contributed by atoms with Gasteiger partial charge in [0, 0.05) is 26.6 Å². The van der Waals surface area contributed by atoms with Crippen LogP contribution in [0.1, 0.15) is 106 Å². The standard InChI is InChI=1S/C56H61ClN6O18S2/c1-7-8-9-10-11-12-13-14-15-16-27-76-54(68)33(2)77-55(69)36-19-26-42(57)43(29-36)59-52(66)51(49(65)35-17-22-39(75-6)23-18-35)78-40-24-20-38(21-25-40)60-61-48-46(82-81-80-71)30-37-28-41(83(72,73)74)31-44(58-34(3)64)47(37)50(48)79-45-32-62(4)56(70)63(5)53(45)67/h17-26,28-33,51,71H,7-16,27H2,1-6H3,(H,58,64)(H,59,66)(H,72,73,74). The van der Waals surface area contributed by atoms with Gasteiger partial charge in [-0.1, -0.05) is 81.4 Å². The second kappa shape index (κ2) is 30.4. The second-order valence-electron chi connectivity index (χ2n) is 18.7. The Balaban J connectivity index is 1.26. The van der Waals surface area contributed by atoms with Crippen molar-refractivity contribution in [2.75, 3.05) is 24.4 Å². The Morgan fingerprint density at radius 2 is 1.43 bits per heavy atom. The molecule has 442 valence electrons. The Kier molecular flexibility index (Phi) is 23.5. The highest BCUT2D eigenvalue weighted by Crippen LogP contribution is 2.49. The molecule has 0 saturated carbocycles. The van der Waals surface area contributed by atoms with Gasteiger partial charge in [-0.3, -0.25) is 32.9 Å². The highest BCUT2D eigenvalue weighted by atomic mass is 35.5. The van der Waals surface area contributed by atoms with Crippen LogP contribution in [0.3, 0.4) is 0 Å². The number of amides is 2. The van der Waals surface area contributed by atoms with Crippen molar-refractivity contribution in [3.8, 4) is 23.0 Å². The third-order valence-corrected chi connectivity index (χ3v) is 14.3. The average molecular weight is 1210 g/mol. The van der Waals surface area contributed by atoms with E-state index in [4.69, 9.17) is 44.9 Å². The molecule has 6 aromatic rings. The maximum absolute atomic E-state index is 14.2. The summed E-state index contributed by atoms with van der Waals surface area (Å²) in [6.07, 6.45) is 8.97. The van der Waals surface area contributed by atoms with E-state index in [0.29, 0.717) is 24.2 Å². The number of nitrogens with zero attached hydrogens (tertiary/aromatic N) is 4. The van der Waals surface area contributed by atoms with Crippen LogP contribution in [0.25, 0.3) is 10.8 Å². The van der Waals surface area contributed by atoms with Gasteiger partial charge in [-0.15, -0.1) is 9.45 Å². The molecular formula is C56H61ClN6O18S2. The molecule has 0 bridgehead atoms. The Morgan fingerprint density at radius 3 is 2.06 bits per heavy atom. The number of methoxy groups -OCH3 is 1. The molecule has 1 aromatic heterocycles. The number of Topliss-reactive ketones (excluding diaryl/α,β-unsaturated/α-hetero) is 1. The fraction of sp³-hybridized carbons (Fsp3) is 0.339. The number of ketones is 1. The number of aryl methyl sites for hydroxylation is 1. The first-order valence-electron chi connectivity index (χ1n) is 26.0. The molecule has 24 nitrogen and oxygen atoms in total. The van der Waals surface area contributed by atoms with E-state index in [0.717, 1.165) is 53.6 Å². The highest BCUT2D eigenvalue weighted by Gasteiger charge is 2.32. The molecule has 0 aliphatic heterocycles. The monoisotopic (exact) mass is 1200 g/mol.